The van der Waals surface area contributed by atoms with E-state index < -0.39 is 10.0 Å². The molecular weight excluding hydrogens is 388 g/mol. The van der Waals surface area contributed by atoms with Gasteiger partial charge in [-0.1, -0.05) is 18.2 Å². The van der Waals surface area contributed by atoms with Crippen molar-refractivity contribution >= 4 is 15.9 Å². The van der Waals surface area contributed by atoms with Crippen molar-refractivity contribution in [3.63, 3.8) is 0 Å². The zero-order valence-corrected chi connectivity index (χ0v) is 17.9. The van der Waals surface area contributed by atoms with Crippen LogP contribution in [-0.4, -0.2) is 33.6 Å². The van der Waals surface area contributed by atoms with E-state index >= 15 is 0 Å². The molecule has 2 aromatic carbocycles. The first-order chi connectivity index (χ1) is 13.8. The van der Waals surface area contributed by atoms with E-state index in [4.69, 9.17) is 4.74 Å². The number of carbonyl (C=O) groups is 1. The molecule has 1 aliphatic rings. The van der Waals surface area contributed by atoms with Crippen LogP contribution in [0.5, 0.6) is 0 Å². The molecule has 0 saturated heterocycles. The van der Waals surface area contributed by atoms with E-state index in [1.165, 1.54) is 0 Å². The lowest BCUT2D eigenvalue weighted by Crippen LogP contribution is -2.33. The lowest BCUT2D eigenvalue weighted by atomic mass is 10.1. The number of ether oxygens (including phenoxy) is 1. The zero-order valence-electron chi connectivity index (χ0n) is 17.1. The van der Waals surface area contributed by atoms with Gasteiger partial charge >= 0.3 is 0 Å². The molecule has 2 atom stereocenters. The fourth-order valence-electron chi connectivity index (χ4n) is 3.47. The molecule has 0 bridgehead atoms. The van der Waals surface area contributed by atoms with Crippen molar-refractivity contribution in [2.45, 2.75) is 56.7 Å². The molecule has 3 rings (SSSR count). The number of aryl methyl sites for hydroxylation is 2. The second-order valence-electron chi connectivity index (χ2n) is 7.61. The van der Waals surface area contributed by atoms with Gasteiger partial charge in [-0.3, -0.25) is 4.79 Å². The molecule has 1 aliphatic carbocycles. The summed E-state index contributed by atoms with van der Waals surface area (Å²) < 4.78 is 33.0. The first-order valence-electron chi connectivity index (χ1n) is 9.78. The van der Waals surface area contributed by atoms with Crippen LogP contribution in [0.1, 0.15) is 46.3 Å². The first kappa shape index (κ1) is 21.5. The molecular formula is C22H28N2O4S. The van der Waals surface area contributed by atoms with Crippen LogP contribution in [0.2, 0.25) is 0 Å². The largest absolute Gasteiger partial charge is 0.381 e. The van der Waals surface area contributed by atoms with Crippen LogP contribution in [-0.2, 0) is 21.3 Å². The Morgan fingerprint density at radius 1 is 1.07 bits per heavy atom. The molecule has 1 fully saturated rings. The second kappa shape index (κ2) is 9.07. The zero-order chi connectivity index (χ0) is 21.0. The van der Waals surface area contributed by atoms with E-state index in [2.05, 4.69) is 10.0 Å². The summed E-state index contributed by atoms with van der Waals surface area (Å²) in [5, 5.41) is 3.04. The van der Waals surface area contributed by atoms with Gasteiger partial charge in [0.1, 0.15) is 0 Å². The number of carbonyl (C=O) groups excluding carboxylic acids is 1. The smallest absolute Gasteiger partial charge is 0.251 e. The van der Waals surface area contributed by atoms with E-state index in [0.717, 1.165) is 36.0 Å². The number of hydrogen-bond acceptors (Lipinski definition) is 4. The van der Waals surface area contributed by atoms with Gasteiger partial charge in [0.15, 0.2) is 0 Å². The van der Waals surface area contributed by atoms with Gasteiger partial charge in [-0.2, -0.15) is 0 Å². The molecule has 1 saturated carbocycles. The summed E-state index contributed by atoms with van der Waals surface area (Å²) >= 11 is 0. The maximum Gasteiger partial charge on any atom is 0.251 e. The van der Waals surface area contributed by atoms with E-state index in [-0.39, 0.29) is 29.5 Å². The molecule has 2 N–H and O–H groups in total. The van der Waals surface area contributed by atoms with Gasteiger partial charge in [0.05, 0.1) is 11.0 Å². The Kier molecular flexibility index (Phi) is 6.72. The summed E-state index contributed by atoms with van der Waals surface area (Å²) in [4.78, 5) is 12.7. The second-order valence-corrected chi connectivity index (χ2v) is 9.38. The molecule has 2 unspecified atom stereocenters. The van der Waals surface area contributed by atoms with Gasteiger partial charge in [0.2, 0.25) is 10.0 Å². The third-order valence-corrected chi connectivity index (χ3v) is 6.92. The Morgan fingerprint density at radius 2 is 1.79 bits per heavy atom. The van der Waals surface area contributed by atoms with Gasteiger partial charge in [0, 0.05) is 25.3 Å². The Morgan fingerprint density at radius 3 is 2.41 bits per heavy atom. The van der Waals surface area contributed by atoms with Crippen LogP contribution < -0.4 is 10.0 Å². The molecule has 156 valence electrons. The quantitative estimate of drug-likeness (QED) is 0.726. The Labute approximate surface area is 172 Å². The van der Waals surface area contributed by atoms with Gasteiger partial charge < -0.3 is 10.1 Å². The summed E-state index contributed by atoms with van der Waals surface area (Å²) in [5.74, 6) is -0.117. The van der Waals surface area contributed by atoms with Crippen molar-refractivity contribution in [3.05, 3.63) is 64.7 Å². The monoisotopic (exact) mass is 416 g/mol. The number of amides is 1. The number of hydrogen-bond donors (Lipinski definition) is 2. The van der Waals surface area contributed by atoms with E-state index in [1.807, 2.05) is 13.8 Å². The lowest BCUT2D eigenvalue weighted by Gasteiger charge is -2.13. The highest BCUT2D eigenvalue weighted by Crippen LogP contribution is 2.22. The summed E-state index contributed by atoms with van der Waals surface area (Å²) in [6, 6.07) is 12.2. The van der Waals surface area contributed by atoms with Crippen LogP contribution in [0.15, 0.2) is 47.4 Å². The van der Waals surface area contributed by atoms with Gasteiger partial charge in [-0.25, -0.2) is 13.1 Å². The Hall–Kier alpha value is -2.22. The van der Waals surface area contributed by atoms with E-state index in [9.17, 15) is 13.2 Å². The molecule has 0 radical (unpaired) electrons. The normalized spacial score (nSPS) is 19.3. The standard InChI is InChI=1S/C22H28N2O4S/c1-15-4-11-21(12-16(15)2)29(26,27)23-14-17-5-7-18(8-6-17)22(25)24-19-9-10-20(13-19)28-3/h4-8,11-12,19-20,23H,9-10,13-14H2,1-3H3,(H,24,25). The Balaban J connectivity index is 1.57. The molecule has 2 aromatic rings. The lowest BCUT2D eigenvalue weighted by molar-refractivity contribution is 0.0915. The summed E-state index contributed by atoms with van der Waals surface area (Å²) in [6.45, 7) is 3.99. The SMILES string of the molecule is COC1CCC(NC(=O)c2ccc(CNS(=O)(=O)c3ccc(C)c(C)c3)cc2)C1. The van der Waals surface area contributed by atoms with E-state index in [0.29, 0.717) is 5.56 Å². The van der Waals surface area contributed by atoms with Crippen molar-refractivity contribution in [1.82, 2.24) is 10.0 Å². The number of nitrogens with one attached hydrogen (secondary N) is 2. The van der Waals surface area contributed by atoms with Gasteiger partial charge in [0.25, 0.3) is 5.91 Å². The van der Waals surface area contributed by atoms with Crippen LogP contribution >= 0.6 is 0 Å². The number of benzene rings is 2. The molecule has 29 heavy (non-hydrogen) atoms. The van der Waals surface area contributed by atoms with Gasteiger partial charge in [-0.15, -0.1) is 0 Å². The van der Waals surface area contributed by atoms with Crippen molar-refractivity contribution in [1.29, 1.82) is 0 Å². The van der Waals surface area contributed by atoms with Crippen molar-refractivity contribution in [3.8, 4) is 0 Å². The minimum absolute atomic E-state index is 0.117. The number of methoxy groups -OCH3 is 1. The molecule has 6 nitrogen and oxygen atoms in total. The summed E-state index contributed by atoms with van der Waals surface area (Å²) in [7, 11) is -1.89. The highest BCUT2D eigenvalue weighted by molar-refractivity contribution is 7.89. The summed E-state index contributed by atoms with van der Waals surface area (Å²) in [6.07, 6.45) is 2.93. The predicted molar refractivity (Wildman–Crippen MR) is 112 cm³/mol. The minimum atomic E-state index is -3.59. The number of sulfonamides is 1. The minimum Gasteiger partial charge on any atom is -0.381 e. The maximum atomic E-state index is 12.5. The topological polar surface area (TPSA) is 84.5 Å². The molecule has 0 spiro atoms. The maximum absolute atomic E-state index is 12.5. The fraction of sp³-hybridized carbons (Fsp3) is 0.409. The Bertz CT molecular complexity index is 971. The van der Waals surface area contributed by atoms with Crippen molar-refractivity contribution in [2.24, 2.45) is 0 Å². The van der Waals surface area contributed by atoms with Gasteiger partial charge in [-0.05, 0) is 74.1 Å². The van der Waals surface area contributed by atoms with Crippen LogP contribution in [0.4, 0.5) is 0 Å². The van der Waals surface area contributed by atoms with Crippen LogP contribution in [0.3, 0.4) is 0 Å². The van der Waals surface area contributed by atoms with Crippen molar-refractivity contribution in [2.75, 3.05) is 7.11 Å². The average molecular weight is 417 g/mol. The fourth-order valence-corrected chi connectivity index (χ4v) is 4.57. The molecule has 1 amide bonds. The van der Waals surface area contributed by atoms with E-state index in [1.54, 1.807) is 49.6 Å². The highest BCUT2D eigenvalue weighted by Gasteiger charge is 2.25. The third kappa shape index (κ3) is 5.44. The molecule has 0 aromatic heterocycles. The summed E-state index contributed by atoms with van der Waals surface area (Å²) in [5.41, 5.74) is 3.33. The average Bonchev–Trinajstić information content (AvgIpc) is 3.16. The third-order valence-electron chi connectivity index (χ3n) is 5.52. The predicted octanol–water partition coefficient (Wildman–Crippen LogP) is 3.08. The molecule has 7 heteroatoms. The molecule has 0 heterocycles. The van der Waals surface area contributed by atoms with Crippen molar-refractivity contribution < 1.29 is 17.9 Å². The number of rotatable bonds is 7. The van der Waals surface area contributed by atoms with Crippen LogP contribution in [0, 0.1) is 13.8 Å². The molecule has 0 aliphatic heterocycles. The highest BCUT2D eigenvalue weighted by atomic mass is 32.2. The first-order valence-corrected chi connectivity index (χ1v) is 11.3. The van der Waals surface area contributed by atoms with Crippen LogP contribution in [0.25, 0.3) is 0 Å².